The van der Waals surface area contributed by atoms with Gasteiger partial charge < -0.3 is 9.72 Å². The lowest BCUT2D eigenvalue weighted by molar-refractivity contribution is 0.317. The molecule has 0 bridgehead atoms. The van der Waals surface area contributed by atoms with Gasteiger partial charge >= 0.3 is 0 Å². The minimum absolute atomic E-state index is 0.289. The number of fused-ring (bicyclic) bond motifs is 2. The molecule has 0 saturated carbocycles. The molecule has 6 nitrogen and oxygen atoms in total. The number of benzene rings is 1. The Hall–Kier alpha value is -2.38. The maximum absolute atomic E-state index is 13.0. The fraction of sp³-hybridized carbons (Fsp3) is 0.350. The molecule has 0 spiro atoms. The molecule has 0 atom stereocenters. The highest BCUT2D eigenvalue weighted by Gasteiger charge is 2.31. The number of aromatic nitrogens is 2. The normalized spacial score (nSPS) is 18.5. The van der Waals surface area contributed by atoms with Crippen molar-refractivity contribution in [2.24, 2.45) is 0 Å². The van der Waals surface area contributed by atoms with Crippen LogP contribution in [0.5, 0.6) is 5.75 Å². The van der Waals surface area contributed by atoms with E-state index in [4.69, 9.17) is 4.74 Å². The van der Waals surface area contributed by atoms with Gasteiger partial charge in [0.1, 0.15) is 5.75 Å². The van der Waals surface area contributed by atoms with Crippen molar-refractivity contribution in [2.75, 3.05) is 19.7 Å². The van der Waals surface area contributed by atoms with Crippen molar-refractivity contribution in [2.45, 2.75) is 30.1 Å². The van der Waals surface area contributed by atoms with Crippen LogP contribution < -0.4 is 4.74 Å². The van der Waals surface area contributed by atoms with Crippen LogP contribution in [0, 0.1) is 0 Å². The van der Waals surface area contributed by atoms with E-state index in [-0.39, 0.29) is 5.92 Å². The van der Waals surface area contributed by atoms with Gasteiger partial charge in [-0.2, -0.15) is 4.31 Å². The number of piperidine rings is 1. The minimum Gasteiger partial charge on any atom is -0.493 e. The van der Waals surface area contributed by atoms with Crippen LogP contribution in [0.25, 0.3) is 10.9 Å². The average molecular weight is 383 g/mol. The minimum atomic E-state index is -3.46. The topological polar surface area (TPSA) is 75.3 Å². The van der Waals surface area contributed by atoms with Gasteiger partial charge in [0.25, 0.3) is 0 Å². The Morgan fingerprint density at radius 3 is 2.85 bits per heavy atom. The van der Waals surface area contributed by atoms with Crippen molar-refractivity contribution < 1.29 is 13.2 Å². The number of pyridine rings is 1. The Bertz CT molecular complexity index is 1100. The molecule has 1 N–H and O–H groups in total. The first-order valence-electron chi connectivity index (χ1n) is 9.30. The van der Waals surface area contributed by atoms with E-state index in [1.54, 1.807) is 22.5 Å². The van der Waals surface area contributed by atoms with E-state index < -0.39 is 10.0 Å². The summed E-state index contributed by atoms with van der Waals surface area (Å²) in [5, 5.41) is 1.10. The highest BCUT2D eigenvalue weighted by molar-refractivity contribution is 7.89. The van der Waals surface area contributed by atoms with Crippen molar-refractivity contribution in [1.82, 2.24) is 14.3 Å². The lowest BCUT2D eigenvalue weighted by Crippen LogP contribution is -2.38. The summed E-state index contributed by atoms with van der Waals surface area (Å²) in [4.78, 5) is 8.17. The molecular formula is C20H21N3O3S. The SMILES string of the molecule is O=S(=O)(c1ccc2c(c1)CCO2)N1CCC(c2cc3[nH]ccc3cn2)CC1. The van der Waals surface area contributed by atoms with Crippen LogP contribution >= 0.6 is 0 Å². The summed E-state index contributed by atoms with van der Waals surface area (Å²) in [6.07, 6.45) is 6.14. The van der Waals surface area contributed by atoms with E-state index in [0.29, 0.717) is 24.6 Å². The van der Waals surface area contributed by atoms with Gasteiger partial charge in [0.2, 0.25) is 10.0 Å². The molecule has 0 amide bonds. The van der Waals surface area contributed by atoms with Crippen LogP contribution in [0.3, 0.4) is 0 Å². The van der Waals surface area contributed by atoms with E-state index in [2.05, 4.69) is 16.0 Å². The number of ether oxygens (including phenoxy) is 1. The van der Waals surface area contributed by atoms with Gasteiger partial charge in [0, 0.05) is 54.4 Å². The second-order valence-corrected chi connectivity index (χ2v) is 9.16. The van der Waals surface area contributed by atoms with Crippen molar-refractivity contribution in [3.63, 3.8) is 0 Å². The third-order valence-electron chi connectivity index (χ3n) is 5.63. The zero-order chi connectivity index (χ0) is 18.4. The van der Waals surface area contributed by atoms with Crippen LogP contribution in [-0.2, 0) is 16.4 Å². The highest BCUT2D eigenvalue weighted by Crippen LogP contribution is 2.33. The van der Waals surface area contributed by atoms with Crippen LogP contribution in [0.15, 0.2) is 47.6 Å². The van der Waals surface area contributed by atoms with Gasteiger partial charge in [-0.15, -0.1) is 0 Å². The molecule has 0 aliphatic carbocycles. The summed E-state index contributed by atoms with van der Waals surface area (Å²) in [5.41, 5.74) is 3.10. The molecule has 2 aromatic heterocycles. The van der Waals surface area contributed by atoms with Crippen molar-refractivity contribution in [3.8, 4) is 5.75 Å². The number of nitrogens with zero attached hydrogens (tertiary/aromatic N) is 2. The zero-order valence-electron chi connectivity index (χ0n) is 14.9. The molecule has 1 fully saturated rings. The van der Waals surface area contributed by atoms with E-state index >= 15 is 0 Å². The second-order valence-electron chi connectivity index (χ2n) is 7.22. The summed E-state index contributed by atoms with van der Waals surface area (Å²) in [7, 11) is -3.46. The first-order valence-corrected chi connectivity index (χ1v) is 10.7. The van der Waals surface area contributed by atoms with Crippen molar-refractivity contribution >= 4 is 20.9 Å². The predicted molar refractivity (Wildman–Crippen MR) is 102 cm³/mol. The quantitative estimate of drug-likeness (QED) is 0.754. The lowest BCUT2D eigenvalue weighted by Gasteiger charge is -2.31. The summed E-state index contributed by atoms with van der Waals surface area (Å²) in [6.45, 7) is 1.67. The fourth-order valence-corrected chi connectivity index (χ4v) is 5.57. The maximum Gasteiger partial charge on any atom is 0.243 e. The maximum atomic E-state index is 13.0. The Balaban J connectivity index is 1.33. The number of H-pyrrole nitrogens is 1. The standard InChI is InChI=1S/C20H21N3O3S/c24-27(25,17-1-2-20-15(11-17)6-10-26-20)23-8-4-14(5-9-23)18-12-19-16(13-22-18)3-7-21-19/h1-3,7,11-14,21H,4-6,8-10H2. The van der Waals surface area contributed by atoms with Crippen LogP contribution in [0.4, 0.5) is 0 Å². The van der Waals surface area contributed by atoms with Gasteiger partial charge in [0.05, 0.1) is 11.5 Å². The number of rotatable bonds is 3. The molecule has 2 aliphatic rings. The number of nitrogens with one attached hydrogen (secondary N) is 1. The molecule has 1 aromatic carbocycles. The first kappa shape index (κ1) is 16.8. The molecule has 27 heavy (non-hydrogen) atoms. The summed E-state index contributed by atoms with van der Waals surface area (Å²) in [5.74, 6) is 1.09. The van der Waals surface area contributed by atoms with Gasteiger partial charge in [-0.3, -0.25) is 4.98 Å². The fourth-order valence-electron chi connectivity index (χ4n) is 4.05. The average Bonchev–Trinajstić information content (AvgIpc) is 3.35. The van der Waals surface area contributed by atoms with Crippen LogP contribution in [-0.4, -0.2) is 42.4 Å². The summed E-state index contributed by atoms with van der Waals surface area (Å²) < 4.78 is 33.2. The Morgan fingerprint density at radius 1 is 1.15 bits per heavy atom. The summed E-state index contributed by atoms with van der Waals surface area (Å²) >= 11 is 0. The molecule has 0 unspecified atom stereocenters. The molecule has 7 heteroatoms. The van der Waals surface area contributed by atoms with E-state index in [1.807, 2.05) is 18.5 Å². The van der Waals surface area contributed by atoms with Crippen molar-refractivity contribution in [3.05, 3.63) is 54.0 Å². The molecule has 4 heterocycles. The molecular weight excluding hydrogens is 362 g/mol. The number of sulfonamides is 1. The molecule has 3 aromatic rings. The van der Waals surface area contributed by atoms with Gasteiger partial charge in [-0.05, 0) is 48.7 Å². The third kappa shape index (κ3) is 2.91. The molecule has 140 valence electrons. The Kier molecular flexibility index (Phi) is 3.94. The Labute approximate surface area is 158 Å². The molecule has 1 saturated heterocycles. The summed E-state index contributed by atoms with van der Waals surface area (Å²) in [6, 6.07) is 9.29. The van der Waals surface area contributed by atoms with E-state index in [9.17, 15) is 8.42 Å². The van der Waals surface area contributed by atoms with E-state index in [1.165, 1.54) is 0 Å². The lowest BCUT2D eigenvalue weighted by atomic mass is 9.94. The number of aromatic amines is 1. The van der Waals surface area contributed by atoms with Crippen LogP contribution in [0.1, 0.15) is 30.0 Å². The monoisotopic (exact) mass is 383 g/mol. The molecule has 5 rings (SSSR count). The largest absolute Gasteiger partial charge is 0.493 e. The first-order chi connectivity index (χ1) is 13.1. The molecule has 2 aliphatic heterocycles. The predicted octanol–water partition coefficient (Wildman–Crippen LogP) is 3.07. The van der Waals surface area contributed by atoms with Gasteiger partial charge in [-0.1, -0.05) is 0 Å². The van der Waals surface area contributed by atoms with E-state index in [0.717, 1.165) is 47.2 Å². The Morgan fingerprint density at radius 2 is 2.00 bits per heavy atom. The van der Waals surface area contributed by atoms with Gasteiger partial charge in [-0.25, -0.2) is 8.42 Å². The van der Waals surface area contributed by atoms with Gasteiger partial charge in [0.15, 0.2) is 0 Å². The van der Waals surface area contributed by atoms with Crippen LogP contribution in [0.2, 0.25) is 0 Å². The number of hydrogen-bond acceptors (Lipinski definition) is 4. The highest BCUT2D eigenvalue weighted by atomic mass is 32.2. The second kappa shape index (κ2) is 6.35. The third-order valence-corrected chi connectivity index (χ3v) is 7.52. The molecule has 0 radical (unpaired) electrons. The smallest absolute Gasteiger partial charge is 0.243 e. The number of hydrogen-bond donors (Lipinski definition) is 1. The zero-order valence-corrected chi connectivity index (χ0v) is 15.7. The van der Waals surface area contributed by atoms with Crippen molar-refractivity contribution in [1.29, 1.82) is 0 Å².